The number of carbonyl (C=O) groups is 2. The first kappa shape index (κ1) is 21.2. The van der Waals surface area contributed by atoms with E-state index in [-0.39, 0.29) is 17.8 Å². The number of nitrogens with one attached hydrogen (secondary N) is 1. The zero-order valence-corrected chi connectivity index (χ0v) is 17.6. The molecular formula is C25H21F2N3O2. The Bertz CT molecular complexity index is 1190. The first-order valence-corrected chi connectivity index (χ1v) is 9.99. The third kappa shape index (κ3) is 4.23. The Morgan fingerprint density at radius 3 is 1.91 bits per heavy atom. The molecule has 0 aliphatic carbocycles. The number of anilines is 2. The van der Waals surface area contributed by atoms with Crippen LogP contribution in [0.25, 0.3) is 5.57 Å². The van der Waals surface area contributed by atoms with Gasteiger partial charge in [-0.3, -0.25) is 14.5 Å². The van der Waals surface area contributed by atoms with E-state index >= 15 is 0 Å². The molecule has 0 saturated carbocycles. The van der Waals surface area contributed by atoms with Gasteiger partial charge >= 0.3 is 0 Å². The monoisotopic (exact) mass is 433 g/mol. The molecule has 4 rings (SSSR count). The van der Waals surface area contributed by atoms with E-state index in [9.17, 15) is 18.4 Å². The largest absolute Gasteiger partial charge is 0.378 e. The van der Waals surface area contributed by atoms with Crippen LogP contribution in [0.3, 0.4) is 0 Å². The minimum atomic E-state index is -0.504. The second-order valence-electron chi connectivity index (χ2n) is 7.65. The maximum Gasteiger partial charge on any atom is 0.278 e. The first-order chi connectivity index (χ1) is 15.3. The van der Waals surface area contributed by atoms with Crippen LogP contribution in [0.5, 0.6) is 0 Å². The van der Waals surface area contributed by atoms with Crippen LogP contribution < -0.4 is 10.2 Å². The summed E-state index contributed by atoms with van der Waals surface area (Å²) in [6.07, 6.45) is 0. The van der Waals surface area contributed by atoms with E-state index in [2.05, 4.69) is 5.32 Å². The summed E-state index contributed by atoms with van der Waals surface area (Å²) >= 11 is 0. The van der Waals surface area contributed by atoms with Crippen molar-refractivity contribution in [2.45, 2.75) is 6.54 Å². The SMILES string of the molecule is CN(C)c1ccc(NC2=C(c3ccc(F)cc3)C(=O)N(Cc3ccc(F)cc3)C2=O)cc1. The Kier molecular flexibility index (Phi) is 5.73. The van der Waals surface area contributed by atoms with Crippen LogP contribution >= 0.6 is 0 Å². The van der Waals surface area contributed by atoms with Crippen molar-refractivity contribution in [2.24, 2.45) is 0 Å². The van der Waals surface area contributed by atoms with Crippen LogP contribution in [0, 0.1) is 11.6 Å². The van der Waals surface area contributed by atoms with Crippen LogP contribution in [0.15, 0.2) is 78.5 Å². The quantitative estimate of drug-likeness (QED) is 0.585. The Morgan fingerprint density at radius 1 is 0.781 bits per heavy atom. The number of carbonyl (C=O) groups excluding carboxylic acids is 2. The van der Waals surface area contributed by atoms with E-state index in [1.165, 1.54) is 48.5 Å². The molecule has 1 aliphatic rings. The molecule has 0 bridgehead atoms. The molecular weight excluding hydrogens is 412 g/mol. The third-order valence-electron chi connectivity index (χ3n) is 5.21. The minimum Gasteiger partial charge on any atom is -0.378 e. The van der Waals surface area contributed by atoms with Crippen LogP contribution in [0.4, 0.5) is 20.2 Å². The lowest BCUT2D eigenvalue weighted by Gasteiger charge is -2.16. The molecule has 3 aromatic rings. The molecule has 0 saturated heterocycles. The number of hydrogen-bond acceptors (Lipinski definition) is 4. The highest BCUT2D eigenvalue weighted by molar-refractivity contribution is 6.36. The van der Waals surface area contributed by atoms with Crippen LogP contribution in [0.1, 0.15) is 11.1 Å². The summed E-state index contributed by atoms with van der Waals surface area (Å²) in [6.45, 7) is -0.00656. The Hall–Kier alpha value is -4.00. The molecule has 1 N–H and O–H groups in total. The maximum atomic E-state index is 13.5. The van der Waals surface area contributed by atoms with Crippen molar-refractivity contribution in [1.29, 1.82) is 0 Å². The molecule has 1 heterocycles. The summed E-state index contributed by atoms with van der Waals surface area (Å²) in [5, 5.41) is 3.07. The molecule has 0 spiro atoms. The van der Waals surface area contributed by atoms with Crippen molar-refractivity contribution in [3.63, 3.8) is 0 Å². The number of rotatable bonds is 6. The fourth-order valence-electron chi connectivity index (χ4n) is 3.48. The first-order valence-electron chi connectivity index (χ1n) is 9.99. The highest BCUT2D eigenvalue weighted by Crippen LogP contribution is 2.32. The molecule has 162 valence electrons. The normalized spacial score (nSPS) is 13.7. The van der Waals surface area contributed by atoms with Gasteiger partial charge in [-0.2, -0.15) is 0 Å². The average Bonchev–Trinajstić information content (AvgIpc) is 3.00. The van der Waals surface area contributed by atoms with Crippen LogP contribution in [-0.4, -0.2) is 30.8 Å². The molecule has 0 unspecified atom stereocenters. The summed E-state index contributed by atoms with van der Waals surface area (Å²) in [5.74, 6) is -1.85. The smallest absolute Gasteiger partial charge is 0.278 e. The lowest BCUT2D eigenvalue weighted by Crippen LogP contribution is -2.32. The number of halogens is 2. The summed E-state index contributed by atoms with van der Waals surface area (Å²) < 4.78 is 26.7. The van der Waals surface area contributed by atoms with Gasteiger partial charge in [0, 0.05) is 25.5 Å². The summed E-state index contributed by atoms with van der Waals surface area (Å²) in [5.41, 5.74) is 2.93. The number of hydrogen-bond donors (Lipinski definition) is 1. The fraction of sp³-hybridized carbons (Fsp3) is 0.120. The van der Waals surface area contributed by atoms with Crippen molar-refractivity contribution >= 4 is 28.8 Å². The van der Waals surface area contributed by atoms with Crippen molar-refractivity contribution in [3.8, 4) is 0 Å². The molecule has 0 atom stereocenters. The van der Waals surface area contributed by atoms with Gasteiger partial charge in [-0.15, -0.1) is 0 Å². The minimum absolute atomic E-state index is 0.00656. The molecule has 1 aliphatic heterocycles. The van der Waals surface area contributed by atoms with Gasteiger partial charge in [-0.25, -0.2) is 8.78 Å². The fourth-order valence-corrected chi connectivity index (χ4v) is 3.48. The van der Waals surface area contributed by atoms with Crippen LogP contribution in [0.2, 0.25) is 0 Å². The summed E-state index contributed by atoms with van der Waals surface area (Å²) in [4.78, 5) is 29.5. The zero-order valence-electron chi connectivity index (χ0n) is 17.6. The number of benzene rings is 3. The van der Waals surface area contributed by atoms with Crippen LogP contribution in [-0.2, 0) is 16.1 Å². The van der Waals surface area contributed by atoms with Gasteiger partial charge in [-0.1, -0.05) is 24.3 Å². The molecule has 0 aromatic heterocycles. The number of amides is 2. The lowest BCUT2D eigenvalue weighted by atomic mass is 10.0. The van der Waals surface area contributed by atoms with Gasteiger partial charge < -0.3 is 10.2 Å². The van der Waals surface area contributed by atoms with Crippen molar-refractivity contribution < 1.29 is 18.4 Å². The number of imide groups is 1. The van der Waals surface area contributed by atoms with Gasteiger partial charge in [0.25, 0.3) is 11.8 Å². The lowest BCUT2D eigenvalue weighted by molar-refractivity contribution is -0.137. The predicted octanol–water partition coefficient (Wildman–Crippen LogP) is 4.42. The highest BCUT2D eigenvalue weighted by atomic mass is 19.1. The average molecular weight is 433 g/mol. The standard InChI is InChI=1S/C25H21F2N3O2/c1-29(2)21-13-11-20(12-14-21)28-23-22(17-5-9-19(27)10-6-17)24(31)30(25(23)32)15-16-3-7-18(26)8-4-16/h3-14,28H,15H2,1-2H3. The van der Waals surface area contributed by atoms with E-state index in [1.807, 2.05) is 43.3 Å². The molecule has 5 nitrogen and oxygen atoms in total. The van der Waals surface area contributed by atoms with Gasteiger partial charge in [0.1, 0.15) is 17.3 Å². The topological polar surface area (TPSA) is 52.7 Å². The Balaban J connectivity index is 1.70. The van der Waals surface area contributed by atoms with Gasteiger partial charge in [-0.05, 0) is 59.7 Å². The molecule has 2 amide bonds. The highest BCUT2D eigenvalue weighted by Gasteiger charge is 2.39. The summed E-state index contributed by atoms with van der Waals surface area (Å²) in [6, 6.07) is 18.4. The van der Waals surface area contributed by atoms with Crippen molar-refractivity contribution in [2.75, 3.05) is 24.3 Å². The van der Waals surface area contributed by atoms with Gasteiger partial charge in [0.2, 0.25) is 0 Å². The predicted molar refractivity (Wildman–Crippen MR) is 120 cm³/mol. The molecule has 32 heavy (non-hydrogen) atoms. The van der Waals surface area contributed by atoms with Crippen molar-refractivity contribution in [3.05, 3.63) is 101 Å². The Labute approximate surface area is 184 Å². The van der Waals surface area contributed by atoms with E-state index in [4.69, 9.17) is 0 Å². The second-order valence-corrected chi connectivity index (χ2v) is 7.65. The molecule has 0 radical (unpaired) electrons. The van der Waals surface area contributed by atoms with E-state index in [0.29, 0.717) is 16.8 Å². The third-order valence-corrected chi connectivity index (χ3v) is 5.21. The second kappa shape index (κ2) is 8.63. The van der Waals surface area contributed by atoms with Crippen molar-refractivity contribution in [1.82, 2.24) is 4.90 Å². The summed E-state index contributed by atoms with van der Waals surface area (Å²) in [7, 11) is 3.84. The van der Waals surface area contributed by atoms with Gasteiger partial charge in [0.05, 0.1) is 12.1 Å². The Morgan fingerprint density at radius 2 is 1.34 bits per heavy atom. The zero-order chi connectivity index (χ0) is 22.8. The number of nitrogens with zero attached hydrogens (tertiary/aromatic N) is 2. The maximum absolute atomic E-state index is 13.5. The molecule has 0 fully saturated rings. The van der Waals surface area contributed by atoms with E-state index < -0.39 is 23.4 Å². The van der Waals surface area contributed by atoms with Gasteiger partial charge in [0.15, 0.2) is 0 Å². The molecule has 7 heteroatoms. The van der Waals surface area contributed by atoms with E-state index in [0.717, 1.165) is 10.6 Å². The van der Waals surface area contributed by atoms with E-state index in [1.54, 1.807) is 0 Å². The molecule has 3 aromatic carbocycles.